The number of hydrogen-bond donors (Lipinski definition) is 1. The van der Waals surface area contributed by atoms with Gasteiger partial charge >= 0.3 is 0 Å². The summed E-state index contributed by atoms with van der Waals surface area (Å²) < 4.78 is 18.5. The molecule has 1 N–H and O–H groups in total. The normalized spacial score (nSPS) is 20.5. The monoisotopic (exact) mass is 451 g/mol. The lowest BCUT2D eigenvalue weighted by Crippen LogP contribution is -2.43. The average Bonchev–Trinajstić information content (AvgIpc) is 3.15. The second kappa shape index (κ2) is 9.33. The molecule has 4 rings (SSSR count). The number of aromatic nitrogens is 2. The van der Waals surface area contributed by atoms with Crippen molar-refractivity contribution in [2.75, 3.05) is 21.3 Å². The third kappa shape index (κ3) is 4.24. The summed E-state index contributed by atoms with van der Waals surface area (Å²) in [5.74, 6) is 3.54. The molecular weight excluding hydrogens is 418 g/mol. The Bertz CT molecular complexity index is 1140. The molecular formula is C26H33N3O4. The number of amides is 1. The van der Waals surface area contributed by atoms with E-state index in [2.05, 4.69) is 19.2 Å². The first-order valence-corrected chi connectivity index (χ1v) is 11.5. The molecule has 0 aliphatic heterocycles. The molecule has 0 radical (unpaired) electrons. The molecule has 0 saturated heterocycles. The molecule has 1 aliphatic carbocycles. The molecule has 176 valence electrons. The van der Waals surface area contributed by atoms with Crippen molar-refractivity contribution in [3.05, 3.63) is 41.7 Å². The Labute approximate surface area is 195 Å². The molecule has 3 unspecified atom stereocenters. The predicted octanol–water partition coefficient (Wildman–Crippen LogP) is 4.91. The zero-order valence-electron chi connectivity index (χ0n) is 20.3. The number of nitrogens with zero attached hydrogens (tertiary/aromatic N) is 2. The predicted molar refractivity (Wildman–Crippen MR) is 129 cm³/mol. The molecule has 3 atom stereocenters. The van der Waals surface area contributed by atoms with Crippen LogP contribution in [0.5, 0.6) is 17.2 Å². The second-order valence-electron chi connectivity index (χ2n) is 8.93. The lowest BCUT2D eigenvalue weighted by molar-refractivity contribution is 0.0891. The first-order valence-electron chi connectivity index (χ1n) is 11.5. The van der Waals surface area contributed by atoms with Gasteiger partial charge in [0.05, 0.1) is 38.1 Å². The molecule has 1 fully saturated rings. The number of ether oxygens (including phenoxy) is 3. The van der Waals surface area contributed by atoms with E-state index in [1.54, 1.807) is 21.3 Å². The van der Waals surface area contributed by atoms with Crippen LogP contribution in [0.3, 0.4) is 0 Å². The SMILES string of the molecule is COc1cc(-n2c(C)nc3cc(C(=O)NC4CCCC(C)C4C)ccc32)cc(OC)c1OC. The van der Waals surface area contributed by atoms with Crippen molar-refractivity contribution in [1.29, 1.82) is 0 Å². The lowest BCUT2D eigenvalue weighted by atomic mass is 9.78. The number of benzene rings is 2. The zero-order valence-corrected chi connectivity index (χ0v) is 20.3. The Morgan fingerprint density at radius 2 is 1.73 bits per heavy atom. The van der Waals surface area contributed by atoms with Crippen LogP contribution >= 0.6 is 0 Å². The average molecular weight is 452 g/mol. The van der Waals surface area contributed by atoms with Crippen molar-refractivity contribution in [2.45, 2.75) is 46.1 Å². The molecule has 1 saturated carbocycles. The van der Waals surface area contributed by atoms with Crippen LogP contribution in [0.1, 0.15) is 49.3 Å². The van der Waals surface area contributed by atoms with Gasteiger partial charge in [-0.3, -0.25) is 9.36 Å². The summed E-state index contributed by atoms with van der Waals surface area (Å²) in [5, 5.41) is 3.26. The van der Waals surface area contributed by atoms with Crippen molar-refractivity contribution in [3.8, 4) is 22.9 Å². The highest BCUT2D eigenvalue weighted by molar-refractivity contribution is 5.97. The Kier molecular flexibility index (Phi) is 6.49. The van der Waals surface area contributed by atoms with Gasteiger partial charge in [-0.2, -0.15) is 0 Å². The first-order chi connectivity index (χ1) is 15.9. The van der Waals surface area contributed by atoms with Crippen LogP contribution in [0.4, 0.5) is 0 Å². The van der Waals surface area contributed by atoms with E-state index in [1.165, 1.54) is 6.42 Å². The maximum Gasteiger partial charge on any atom is 0.251 e. The fourth-order valence-electron chi connectivity index (χ4n) is 4.90. The topological polar surface area (TPSA) is 74.6 Å². The van der Waals surface area contributed by atoms with Crippen LogP contribution in [-0.2, 0) is 0 Å². The number of carbonyl (C=O) groups excluding carboxylic acids is 1. The Morgan fingerprint density at radius 3 is 2.36 bits per heavy atom. The van der Waals surface area contributed by atoms with Crippen LogP contribution in [0.15, 0.2) is 30.3 Å². The molecule has 33 heavy (non-hydrogen) atoms. The quantitative estimate of drug-likeness (QED) is 0.576. The number of carbonyl (C=O) groups is 1. The minimum Gasteiger partial charge on any atom is -0.493 e. The second-order valence-corrected chi connectivity index (χ2v) is 8.93. The van der Waals surface area contributed by atoms with Crippen molar-refractivity contribution < 1.29 is 19.0 Å². The van der Waals surface area contributed by atoms with E-state index in [0.29, 0.717) is 34.6 Å². The standard InChI is InChI=1S/C26H33N3O4/c1-15-8-7-9-20(16(15)2)28-26(30)18-10-11-22-21(12-18)27-17(3)29(22)19-13-23(31-4)25(33-6)24(14-19)32-5/h10-16,20H,7-9H2,1-6H3,(H,28,30). The number of nitrogens with one attached hydrogen (secondary N) is 1. The molecule has 1 amide bonds. The summed E-state index contributed by atoms with van der Waals surface area (Å²) in [4.78, 5) is 17.7. The van der Waals surface area contributed by atoms with Crippen LogP contribution in [-0.4, -0.2) is 42.8 Å². The molecule has 0 bridgehead atoms. The van der Waals surface area contributed by atoms with Gasteiger partial charge in [0.1, 0.15) is 5.82 Å². The van der Waals surface area contributed by atoms with E-state index in [1.807, 2.05) is 41.8 Å². The van der Waals surface area contributed by atoms with Crippen molar-refractivity contribution >= 4 is 16.9 Å². The minimum absolute atomic E-state index is 0.0390. The number of imidazole rings is 1. The van der Waals surface area contributed by atoms with Gasteiger partial charge in [-0.05, 0) is 43.4 Å². The van der Waals surface area contributed by atoms with Gasteiger partial charge in [0, 0.05) is 23.7 Å². The van der Waals surface area contributed by atoms with Gasteiger partial charge in [0.2, 0.25) is 5.75 Å². The van der Waals surface area contributed by atoms with Crippen LogP contribution in [0, 0.1) is 18.8 Å². The highest BCUT2D eigenvalue weighted by Crippen LogP contribution is 2.40. The highest BCUT2D eigenvalue weighted by Gasteiger charge is 2.28. The Hall–Kier alpha value is -3.22. The number of methoxy groups -OCH3 is 3. The molecule has 1 heterocycles. The van der Waals surface area contributed by atoms with Crippen molar-refractivity contribution in [3.63, 3.8) is 0 Å². The maximum absolute atomic E-state index is 13.0. The molecule has 1 aromatic heterocycles. The Morgan fingerprint density at radius 1 is 1.03 bits per heavy atom. The van der Waals surface area contributed by atoms with E-state index in [9.17, 15) is 4.79 Å². The van der Waals surface area contributed by atoms with Crippen LogP contribution in [0.2, 0.25) is 0 Å². The molecule has 1 aliphatic rings. The summed E-state index contributed by atoms with van der Waals surface area (Å²) in [6.45, 7) is 6.45. The largest absolute Gasteiger partial charge is 0.493 e. The van der Waals surface area contributed by atoms with E-state index < -0.39 is 0 Å². The fourth-order valence-corrected chi connectivity index (χ4v) is 4.90. The smallest absolute Gasteiger partial charge is 0.251 e. The summed E-state index contributed by atoms with van der Waals surface area (Å²) in [5.41, 5.74) is 3.13. The fraction of sp³-hybridized carbons (Fsp3) is 0.462. The highest BCUT2D eigenvalue weighted by atomic mass is 16.5. The number of fused-ring (bicyclic) bond motifs is 1. The molecule has 3 aromatic rings. The number of rotatable bonds is 6. The number of aryl methyl sites for hydroxylation is 1. The summed E-state index contributed by atoms with van der Waals surface area (Å²) in [6.07, 6.45) is 3.43. The van der Waals surface area contributed by atoms with E-state index in [0.717, 1.165) is 35.4 Å². The first kappa shape index (κ1) is 23.0. The number of hydrogen-bond acceptors (Lipinski definition) is 5. The van der Waals surface area contributed by atoms with E-state index in [4.69, 9.17) is 19.2 Å². The van der Waals surface area contributed by atoms with Crippen LogP contribution < -0.4 is 19.5 Å². The van der Waals surface area contributed by atoms with Gasteiger partial charge in [0.15, 0.2) is 11.5 Å². The van der Waals surface area contributed by atoms with Gasteiger partial charge < -0.3 is 19.5 Å². The van der Waals surface area contributed by atoms with E-state index >= 15 is 0 Å². The summed E-state index contributed by atoms with van der Waals surface area (Å²) in [7, 11) is 4.77. The molecule has 7 nitrogen and oxygen atoms in total. The minimum atomic E-state index is -0.0390. The maximum atomic E-state index is 13.0. The van der Waals surface area contributed by atoms with E-state index in [-0.39, 0.29) is 11.9 Å². The Balaban J connectivity index is 1.68. The third-order valence-electron chi connectivity index (χ3n) is 7.02. The zero-order chi connectivity index (χ0) is 23.7. The van der Waals surface area contributed by atoms with Crippen LogP contribution in [0.25, 0.3) is 16.7 Å². The van der Waals surface area contributed by atoms with Gasteiger partial charge in [-0.15, -0.1) is 0 Å². The molecule has 2 aromatic carbocycles. The van der Waals surface area contributed by atoms with Crippen molar-refractivity contribution in [2.24, 2.45) is 11.8 Å². The van der Waals surface area contributed by atoms with Gasteiger partial charge in [0.25, 0.3) is 5.91 Å². The summed E-state index contributed by atoms with van der Waals surface area (Å²) >= 11 is 0. The third-order valence-corrected chi connectivity index (χ3v) is 7.02. The van der Waals surface area contributed by atoms with Gasteiger partial charge in [-0.1, -0.05) is 26.7 Å². The molecule has 0 spiro atoms. The van der Waals surface area contributed by atoms with Gasteiger partial charge in [-0.25, -0.2) is 4.98 Å². The lowest BCUT2D eigenvalue weighted by Gasteiger charge is -2.34. The summed E-state index contributed by atoms with van der Waals surface area (Å²) in [6, 6.07) is 9.67. The van der Waals surface area contributed by atoms with Crippen molar-refractivity contribution in [1.82, 2.24) is 14.9 Å². The molecule has 7 heteroatoms.